The Morgan fingerprint density at radius 1 is 0.838 bits per heavy atom. The van der Waals surface area contributed by atoms with Crippen molar-refractivity contribution < 1.29 is 13.4 Å². The van der Waals surface area contributed by atoms with E-state index < -0.39 is 13.3 Å². The van der Waals surface area contributed by atoms with Crippen molar-refractivity contribution >= 4 is 44.0 Å². The molecule has 0 atom stereocenters. The van der Waals surface area contributed by atoms with E-state index in [0.29, 0.717) is 5.92 Å². The van der Waals surface area contributed by atoms with Crippen molar-refractivity contribution in [3.63, 3.8) is 0 Å². The van der Waals surface area contributed by atoms with Crippen LogP contribution in [0.4, 0.5) is 4.39 Å². The minimum atomic E-state index is -3.04. The minimum absolute atomic E-state index is 0.142. The molecule has 1 saturated carbocycles. The van der Waals surface area contributed by atoms with E-state index in [2.05, 4.69) is 84.8 Å². The second-order valence-electron chi connectivity index (χ2n) is 11.3. The van der Waals surface area contributed by atoms with Crippen LogP contribution >= 0.6 is 0 Å². The second kappa shape index (κ2) is 9.43. The van der Waals surface area contributed by atoms with Crippen molar-refractivity contribution in [3.8, 4) is 11.3 Å². The number of pyridine rings is 1. The molecule has 188 valence electrons. The standard InChI is InChI=1S/C33H35FGeNO/c1-22-13-18-26-27-19-20-28(34)31(33(27)37-32(26)30(22)29-12-8-9-21-36(29)4)35(2,3)25-16-14-24(15-17-25)23-10-6-5-7-11-23/h8-9,12-21,23H,5-7,10-11H2,1-4H3/q+1. The van der Waals surface area contributed by atoms with Crippen LogP contribution in [-0.4, -0.2) is 13.3 Å². The first-order chi connectivity index (χ1) is 17.9. The summed E-state index contributed by atoms with van der Waals surface area (Å²) in [5.41, 5.74) is 6.32. The molecule has 4 heteroatoms. The van der Waals surface area contributed by atoms with Gasteiger partial charge in [0.15, 0.2) is 0 Å². The summed E-state index contributed by atoms with van der Waals surface area (Å²) in [6, 6.07) is 23.2. The number of aromatic nitrogens is 1. The van der Waals surface area contributed by atoms with Crippen molar-refractivity contribution in [2.45, 2.75) is 56.5 Å². The van der Waals surface area contributed by atoms with Crippen LogP contribution in [0.1, 0.15) is 49.1 Å². The van der Waals surface area contributed by atoms with Crippen LogP contribution in [0.3, 0.4) is 0 Å². The van der Waals surface area contributed by atoms with E-state index in [0.717, 1.165) is 43.2 Å². The summed E-state index contributed by atoms with van der Waals surface area (Å²) in [5, 5.41) is 2.05. The molecule has 0 amide bonds. The average molecular weight is 553 g/mol. The Morgan fingerprint density at radius 3 is 2.27 bits per heavy atom. The van der Waals surface area contributed by atoms with Crippen molar-refractivity contribution in [2.75, 3.05) is 0 Å². The van der Waals surface area contributed by atoms with Gasteiger partial charge in [-0.3, -0.25) is 0 Å². The Bertz CT molecular complexity index is 1610. The van der Waals surface area contributed by atoms with Gasteiger partial charge in [-0.05, 0) is 0 Å². The van der Waals surface area contributed by atoms with Crippen molar-refractivity contribution in [1.82, 2.24) is 0 Å². The van der Waals surface area contributed by atoms with Gasteiger partial charge in [-0.1, -0.05) is 0 Å². The fourth-order valence-corrected chi connectivity index (χ4v) is 12.1. The summed E-state index contributed by atoms with van der Waals surface area (Å²) in [7, 11) is 2.05. The average Bonchev–Trinajstić information content (AvgIpc) is 3.27. The SMILES string of the molecule is Cc1ccc2c(oc3[c]([Ge]([CH3])([CH3])[c]4ccc(C5CCCCC5)cc4)c(F)ccc32)c1-c1cccc[n+]1C. The third-order valence-corrected chi connectivity index (χ3v) is 15.9. The van der Waals surface area contributed by atoms with Crippen molar-refractivity contribution in [1.29, 1.82) is 0 Å². The van der Waals surface area contributed by atoms with Gasteiger partial charge in [0.2, 0.25) is 0 Å². The summed E-state index contributed by atoms with van der Waals surface area (Å²) in [6.07, 6.45) is 8.66. The Labute approximate surface area is 221 Å². The quantitative estimate of drug-likeness (QED) is 0.168. The topological polar surface area (TPSA) is 17.0 Å². The molecule has 0 aliphatic heterocycles. The number of halogens is 1. The predicted octanol–water partition coefficient (Wildman–Crippen LogP) is 7.40. The van der Waals surface area contributed by atoms with Crippen LogP contribution in [0.25, 0.3) is 33.2 Å². The molecule has 0 spiro atoms. The third kappa shape index (κ3) is 4.12. The molecule has 1 fully saturated rings. The van der Waals surface area contributed by atoms with Gasteiger partial charge in [0, 0.05) is 0 Å². The molecule has 37 heavy (non-hydrogen) atoms. The monoisotopic (exact) mass is 554 g/mol. The molecule has 0 saturated heterocycles. The summed E-state index contributed by atoms with van der Waals surface area (Å²) in [4.78, 5) is 0. The Morgan fingerprint density at radius 2 is 1.54 bits per heavy atom. The number of aryl methyl sites for hydroxylation is 2. The van der Waals surface area contributed by atoms with E-state index in [1.807, 2.05) is 12.1 Å². The zero-order valence-corrected chi connectivity index (χ0v) is 24.4. The molecule has 2 aromatic heterocycles. The zero-order valence-electron chi connectivity index (χ0n) is 22.3. The van der Waals surface area contributed by atoms with Gasteiger partial charge in [-0.15, -0.1) is 0 Å². The maximum absolute atomic E-state index is 15.7. The number of nitrogens with zero attached hydrogens (tertiary/aromatic N) is 1. The Kier molecular flexibility index (Phi) is 6.23. The molecule has 0 unspecified atom stereocenters. The molecule has 2 nitrogen and oxygen atoms in total. The molecule has 0 N–H and O–H groups in total. The van der Waals surface area contributed by atoms with Gasteiger partial charge >= 0.3 is 222 Å². The van der Waals surface area contributed by atoms with Gasteiger partial charge in [0.1, 0.15) is 0 Å². The summed E-state index contributed by atoms with van der Waals surface area (Å²) in [5.74, 6) is 5.12. The van der Waals surface area contributed by atoms with Gasteiger partial charge < -0.3 is 0 Å². The number of hydrogen-bond acceptors (Lipinski definition) is 1. The van der Waals surface area contributed by atoms with Crippen LogP contribution in [-0.2, 0) is 7.05 Å². The van der Waals surface area contributed by atoms with Gasteiger partial charge in [0.05, 0.1) is 0 Å². The fourth-order valence-electron chi connectivity index (χ4n) is 6.41. The number of hydrogen-bond donors (Lipinski definition) is 0. The van der Waals surface area contributed by atoms with E-state index in [-0.39, 0.29) is 5.82 Å². The van der Waals surface area contributed by atoms with Crippen molar-refractivity contribution in [3.05, 3.63) is 89.9 Å². The molecule has 1 aliphatic carbocycles. The van der Waals surface area contributed by atoms with Crippen LogP contribution in [0, 0.1) is 12.7 Å². The van der Waals surface area contributed by atoms with Crippen LogP contribution in [0.15, 0.2) is 77.3 Å². The van der Waals surface area contributed by atoms with Crippen LogP contribution < -0.4 is 13.4 Å². The maximum atomic E-state index is 15.7. The van der Waals surface area contributed by atoms with E-state index in [1.165, 1.54) is 42.1 Å². The summed E-state index contributed by atoms with van der Waals surface area (Å²) < 4.78 is 26.7. The number of fused-ring (bicyclic) bond motifs is 3. The number of furan rings is 1. The molecular weight excluding hydrogens is 518 g/mol. The predicted molar refractivity (Wildman–Crippen MR) is 154 cm³/mol. The van der Waals surface area contributed by atoms with Crippen LogP contribution in [0.5, 0.6) is 0 Å². The third-order valence-electron chi connectivity index (χ3n) is 8.61. The first-order valence-electron chi connectivity index (χ1n) is 13.6. The normalized spacial score (nSPS) is 15.1. The van der Waals surface area contributed by atoms with Gasteiger partial charge in [0.25, 0.3) is 0 Å². The van der Waals surface area contributed by atoms with E-state index in [4.69, 9.17) is 4.42 Å². The van der Waals surface area contributed by atoms with E-state index in [9.17, 15) is 0 Å². The van der Waals surface area contributed by atoms with Gasteiger partial charge in [-0.2, -0.15) is 0 Å². The van der Waals surface area contributed by atoms with Crippen LogP contribution in [0.2, 0.25) is 11.5 Å². The van der Waals surface area contributed by atoms with Crippen molar-refractivity contribution in [2.24, 2.45) is 7.05 Å². The molecule has 2 heterocycles. The molecular formula is C33H35FGeNO+. The molecule has 3 aromatic carbocycles. The second-order valence-corrected chi connectivity index (χ2v) is 20.4. The molecule has 0 bridgehead atoms. The van der Waals surface area contributed by atoms with Gasteiger partial charge in [-0.25, -0.2) is 0 Å². The Hall–Kier alpha value is -2.92. The molecule has 0 radical (unpaired) electrons. The summed E-state index contributed by atoms with van der Waals surface area (Å²) in [6.45, 7) is 2.12. The molecule has 5 aromatic rings. The van der Waals surface area contributed by atoms with E-state index >= 15 is 4.39 Å². The zero-order chi connectivity index (χ0) is 25.7. The fraction of sp³-hybridized carbons (Fsp3) is 0.303. The Balaban J connectivity index is 1.52. The first kappa shape index (κ1) is 24.4. The molecule has 6 rings (SSSR count). The molecule has 1 aliphatic rings. The van der Waals surface area contributed by atoms with E-state index in [1.54, 1.807) is 6.07 Å². The number of rotatable bonds is 4. The first-order valence-corrected chi connectivity index (χ1v) is 19.9. The number of benzene rings is 3. The summed E-state index contributed by atoms with van der Waals surface area (Å²) >= 11 is -3.04.